The van der Waals surface area contributed by atoms with Gasteiger partial charge in [-0.1, -0.05) is 30.3 Å². The molecule has 1 amide bonds. The van der Waals surface area contributed by atoms with Crippen molar-refractivity contribution in [2.75, 3.05) is 12.8 Å². The van der Waals surface area contributed by atoms with E-state index in [2.05, 4.69) is 23.4 Å². The molecule has 2 heterocycles. The van der Waals surface area contributed by atoms with Gasteiger partial charge in [0.05, 0.1) is 16.9 Å². The molecule has 0 spiro atoms. The summed E-state index contributed by atoms with van der Waals surface area (Å²) in [6.45, 7) is 1.42. The monoisotopic (exact) mass is 434 g/mol. The molecule has 3 aromatic rings. The molecule has 1 aliphatic heterocycles. The Labute approximate surface area is 184 Å². The van der Waals surface area contributed by atoms with Gasteiger partial charge in [0.2, 0.25) is 0 Å². The van der Waals surface area contributed by atoms with Gasteiger partial charge in [-0.15, -0.1) is 11.8 Å². The molecular formula is C23H22N4OS2. The highest BCUT2D eigenvalue weighted by molar-refractivity contribution is 8.18. The molecule has 0 atom stereocenters. The number of benzene rings is 2. The number of rotatable bonds is 7. The van der Waals surface area contributed by atoms with Gasteiger partial charge in [-0.3, -0.25) is 9.69 Å². The van der Waals surface area contributed by atoms with Crippen LogP contribution in [0.1, 0.15) is 12.0 Å². The molecule has 0 unspecified atom stereocenters. The first-order valence-electron chi connectivity index (χ1n) is 9.68. The van der Waals surface area contributed by atoms with Gasteiger partial charge in [-0.05, 0) is 60.3 Å². The molecule has 30 heavy (non-hydrogen) atoms. The maximum atomic E-state index is 13.2. The van der Waals surface area contributed by atoms with Crippen molar-refractivity contribution in [2.45, 2.75) is 17.9 Å². The Morgan fingerprint density at radius 3 is 2.60 bits per heavy atom. The molecule has 0 radical (unpaired) electrons. The predicted octanol–water partition coefficient (Wildman–Crippen LogP) is 5.30. The molecule has 2 aromatic carbocycles. The largest absolute Gasteiger partial charge is 0.337 e. The first kappa shape index (κ1) is 20.5. The average molecular weight is 435 g/mol. The number of para-hydroxylation sites is 1. The summed E-state index contributed by atoms with van der Waals surface area (Å²) >= 11 is 3.14. The normalized spacial score (nSPS) is 16.7. The van der Waals surface area contributed by atoms with Crippen LogP contribution in [0.2, 0.25) is 0 Å². The lowest BCUT2D eigenvalue weighted by atomic mass is 10.2. The van der Waals surface area contributed by atoms with Crippen LogP contribution in [0.4, 0.5) is 5.69 Å². The van der Waals surface area contributed by atoms with E-state index in [1.165, 1.54) is 16.7 Å². The zero-order valence-electron chi connectivity index (χ0n) is 16.6. The van der Waals surface area contributed by atoms with Crippen LogP contribution in [0.5, 0.6) is 0 Å². The highest BCUT2D eigenvalue weighted by Gasteiger charge is 2.33. The average Bonchev–Trinajstić information content (AvgIpc) is 3.39. The summed E-state index contributed by atoms with van der Waals surface area (Å²) in [5.41, 5.74) is 1.86. The van der Waals surface area contributed by atoms with Crippen LogP contribution >= 0.6 is 23.5 Å². The second-order valence-corrected chi connectivity index (χ2v) is 8.61. The summed E-state index contributed by atoms with van der Waals surface area (Å²) in [6, 6.07) is 18.0. The summed E-state index contributed by atoms with van der Waals surface area (Å²) in [7, 11) is 0. The third kappa shape index (κ3) is 5.04. The number of aromatic nitrogens is 2. The second kappa shape index (κ2) is 9.82. The summed E-state index contributed by atoms with van der Waals surface area (Å²) in [6.07, 6.45) is 10.3. The van der Waals surface area contributed by atoms with Crippen molar-refractivity contribution in [3.05, 3.63) is 83.8 Å². The maximum Gasteiger partial charge on any atom is 0.266 e. The fraction of sp³-hybridized carbons (Fsp3) is 0.174. The lowest BCUT2D eigenvalue weighted by molar-refractivity contribution is -0.122. The van der Waals surface area contributed by atoms with E-state index in [9.17, 15) is 4.79 Å². The van der Waals surface area contributed by atoms with E-state index in [0.29, 0.717) is 11.4 Å². The van der Waals surface area contributed by atoms with Crippen LogP contribution in [-0.4, -0.2) is 38.3 Å². The Morgan fingerprint density at radius 1 is 1.10 bits per heavy atom. The van der Waals surface area contributed by atoms with Crippen LogP contribution in [-0.2, 0) is 11.3 Å². The molecule has 0 N–H and O–H groups in total. The van der Waals surface area contributed by atoms with Gasteiger partial charge in [-0.25, -0.2) is 9.98 Å². The van der Waals surface area contributed by atoms with Crippen molar-refractivity contribution < 1.29 is 4.79 Å². The molecule has 0 aliphatic carbocycles. The van der Waals surface area contributed by atoms with Gasteiger partial charge in [0.1, 0.15) is 0 Å². The molecule has 152 valence electrons. The fourth-order valence-corrected chi connectivity index (χ4v) is 4.52. The Bertz CT molecular complexity index is 1040. The summed E-state index contributed by atoms with van der Waals surface area (Å²) in [5, 5.41) is 0.726. The lowest BCUT2D eigenvalue weighted by Gasteiger charge is -2.15. The van der Waals surface area contributed by atoms with Crippen molar-refractivity contribution in [1.82, 2.24) is 14.5 Å². The first-order chi connectivity index (χ1) is 14.7. The number of amides is 1. The minimum Gasteiger partial charge on any atom is -0.337 e. The van der Waals surface area contributed by atoms with Crippen LogP contribution in [0, 0.1) is 0 Å². The lowest BCUT2D eigenvalue weighted by Crippen LogP contribution is -2.30. The molecule has 1 fully saturated rings. The summed E-state index contributed by atoms with van der Waals surface area (Å²) in [4.78, 5) is 25.7. The van der Waals surface area contributed by atoms with E-state index < -0.39 is 0 Å². The van der Waals surface area contributed by atoms with Crippen molar-refractivity contribution in [3.63, 3.8) is 0 Å². The number of hydrogen-bond donors (Lipinski definition) is 0. The molecule has 0 bridgehead atoms. The quantitative estimate of drug-likeness (QED) is 0.374. The van der Waals surface area contributed by atoms with Gasteiger partial charge in [0, 0.05) is 30.4 Å². The number of nitrogens with zero attached hydrogens (tertiary/aromatic N) is 4. The van der Waals surface area contributed by atoms with Gasteiger partial charge in [0.25, 0.3) is 5.91 Å². The third-order valence-electron chi connectivity index (χ3n) is 4.64. The molecular weight excluding hydrogens is 412 g/mol. The molecule has 1 aromatic heterocycles. The second-order valence-electron chi connectivity index (χ2n) is 6.72. The van der Waals surface area contributed by atoms with Crippen molar-refractivity contribution in [2.24, 2.45) is 4.99 Å². The maximum absolute atomic E-state index is 13.2. The summed E-state index contributed by atoms with van der Waals surface area (Å²) < 4.78 is 2.02. The molecule has 1 saturated heterocycles. The number of aliphatic imine (C=N–C) groups is 1. The number of thioether (sulfide) groups is 2. The number of aryl methyl sites for hydroxylation is 1. The third-order valence-corrected chi connectivity index (χ3v) is 6.39. The molecule has 1 aliphatic rings. The van der Waals surface area contributed by atoms with Crippen LogP contribution in [0.25, 0.3) is 6.08 Å². The van der Waals surface area contributed by atoms with Crippen molar-refractivity contribution in [1.29, 1.82) is 0 Å². The fourth-order valence-electron chi connectivity index (χ4n) is 3.08. The van der Waals surface area contributed by atoms with Gasteiger partial charge in [0.15, 0.2) is 5.17 Å². The summed E-state index contributed by atoms with van der Waals surface area (Å²) in [5.74, 6) is 0.00857. The molecule has 5 nitrogen and oxygen atoms in total. The SMILES string of the molecule is CSc1ccc(/C=C2\SC(=Nc3ccccc3)N(CCCn3ccnc3)C2=O)cc1. The first-order valence-corrected chi connectivity index (χ1v) is 11.7. The number of carbonyl (C=O) groups excluding carboxylic acids is 1. The van der Waals surface area contributed by atoms with Crippen LogP contribution < -0.4 is 0 Å². The van der Waals surface area contributed by atoms with Gasteiger partial charge in [-0.2, -0.15) is 0 Å². The van der Waals surface area contributed by atoms with E-state index in [-0.39, 0.29) is 5.91 Å². The zero-order chi connectivity index (χ0) is 20.8. The van der Waals surface area contributed by atoms with Crippen LogP contribution in [0.3, 0.4) is 0 Å². The number of amidine groups is 1. The molecule has 7 heteroatoms. The van der Waals surface area contributed by atoms with Gasteiger partial charge < -0.3 is 4.57 Å². The Morgan fingerprint density at radius 2 is 1.90 bits per heavy atom. The minimum atomic E-state index is 0.00857. The predicted molar refractivity (Wildman–Crippen MR) is 126 cm³/mol. The topological polar surface area (TPSA) is 50.5 Å². The van der Waals surface area contributed by atoms with E-state index in [1.807, 2.05) is 59.3 Å². The Hall–Kier alpha value is -2.77. The van der Waals surface area contributed by atoms with Crippen LogP contribution in [0.15, 0.2) is 88.1 Å². The van der Waals surface area contributed by atoms with Gasteiger partial charge >= 0.3 is 0 Å². The number of imidazole rings is 1. The zero-order valence-corrected chi connectivity index (χ0v) is 18.3. The molecule has 0 saturated carbocycles. The van der Waals surface area contributed by atoms with E-state index in [0.717, 1.165) is 29.4 Å². The standard InChI is InChI=1S/C23H22N4OS2/c1-29-20-10-8-18(9-11-20)16-21-22(28)27(14-5-13-26-15-12-24-17-26)23(30-21)25-19-6-3-2-4-7-19/h2-4,6-12,15-17H,5,13-14H2,1H3/b21-16-,25-23?. The van der Waals surface area contributed by atoms with E-state index in [4.69, 9.17) is 4.99 Å². The molecule has 4 rings (SSSR count). The van der Waals surface area contributed by atoms with Crippen molar-refractivity contribution in [3.8, 4) is 0 Å². The highest BCUT2D eigenvalue weighted by atomic mass is 32.2. The Balaban J connectivity index is 1.56. The van der Waals surface area contributed by atoms with E-state index in [1.54, 1.807) is 29.2 Å². The Kier molecular flexibility index (Phi) is 6.71. The minimum absolute atomic E-state index is 0.00857. The van der Waals surface area contributed by atoms with E-state index >= 15 is 0 Å². The van der Waals surface area contributed by atoms with Crippen molar-refractivity contribution >= 4 is 46.4 Å². The number of carbonyl (C=O) groups is 1. The number of hydrogen-bond acceptors (Lipinski definition) is 5. The highest BCUT2D eigenvalue weighted by Crippen LogP contribution is 2.34. The smallest absolute Gasteiger partial charge is 0.266 e.